The van der Waals surface area contributed by atoms with Crippen LogP contribution < -0.4 is 5.32 Å². The molecule has 1 aromatic heterocycles. The molecule has 0 radical (unpaired) electrons. The van der Waals surface area contributed by atoms with Gasteiger partial charge in [-0.25, -0.2) is 0 Å². The molecule has 0 bridgehead atoms. The zero-order valence-corrected chi connectivity index (χ0v) is 11.0. The molecule has 2 rings (SSSR count). The highest BCUT2D eigenvalue weighted by atomic mass is 16.1. The van der Waals surface area contributed by atoms with Crippen molar-refractivity contribution in [2.75, 3.05) is 5.32 Å². The number of H-pyrrole nitrogens is 1. The first-order chi connectivity index (χ1) is 8.63. The summed E-state index contributed by atoms with van der Waals surface area (Å²) in [6, 6.07) is 9.23. The van der Waals surface area contributed by atoms with E-state index in [1.807, 2.05) is 32.0 Å². The Bertz CT molecular complexity index is 555. The van der Waals surface area contributed by atoms with Gasteiger partial charge in [-0.3, -0.25) is 4.79 Å². The SMILES string of the molecule is CCc1c(C)[nH]c(NC(=O)c2ccccc2)c1C. The molecule has 0 saturated heterocycles. The highest BCUT2D eigenvalue weighted by Crippen LogP contribution is 2.22. The third-order valence-corrected chi connectivity index (χ3v) is 3.22. The van der Waals surface area contributed by atoms with E-state index in [4.69, 9.17) is 0 Å². The van der Waals surface area contributed by atoms with Crippen molar-refractivity contribution in [2.45, 2.75) is 27.2 Å². The van der Waals surface area contributed by atoms with Gasteiger partial charge >= 0.3 is 0 Å². The summed E-state index contributed by atoms with van der Waals surface area (Å²) in [5.41, 5.74) is 4.19. The van der Waals surface area contributed by atoms with Crippen molar-refractivity contribution in [1.82, 2.24) is 4.98 Å². The minimum absolute atomic E-state index is 0.0809. The molecule has 94 valence electrons. The van der Waals surface area contributed by atoms with Gasteiger partial charge in [-0.2, -0.15) is 0 Å². The highest BCUT2D eigenvalue weighted by Gasteiger charge is 2.12. The molecule has 0 fully saturated rings. The normalized spacial score (nSPS) is 10.4. The summed E-state index contributed by atoms with van der Waals surface area (Å²) in [4.78, 5) is 15.3. The van der Waals surface area contributed by atoms with Gasteiger partial charge in [0.2, 0.25) is 0 Å². The number of rotatable bonds is 3. The maximum atomic E-state index is 12.0. The van der Waals surface area contributed by atoms with Gasteiger partial charge in [0.05, 0.1) is 0 Å². The predicted molar refractivity (Wildman–Crippen MR) is 74.0 cm³/mol. The average molecular weight is 242 g/mol. The molecule has 0 saturated carbocycles. The van der Waals surface area contributed by atoms with Crippen molar-refractivity contribution in [2.24, 2.45) is 0 Å². The molecule has 0 aliphatic heterocycles. The van der Waals surface area contributed by atoms with Gasteiger partial charge in [-0.1, -0.05) is 25.1 Å². The lowest BCUT2D eigenvalue weighted by molar-refractivity contribution is 0.102. The molecule has 2 aromatic rings. The van der Waals surface area contributed by atoms with E-state index >= 15 is 0 Å². The standard InChI is InChI=1S/C15H18N2O/c1-4-13-10(2)14(16-11(13)3)17-15(18)12-8-6-5-7-9-12/h5-9,16H,4H2,1-3H3,(H,17,18). The van der Waals surface area contributed by atoms with Gasteiger partial charge in [0.15, 0.2) is 0 Å². The van der Waals surface area contributed by atoms with Crippen molar-refractivity contribution >= 4 is 11.7 Å². The fraction of sp³-hybridized carbons (Fsp3) is 0.267. The van der Waals surface area contributed by atoms with Gasteiger partial charge in [0.25, 0.3) is 5.91 Å². The van der Waals surface area contributed by atoms with Gasteiger partial charge < -0.3 is 10.3 Å². The molecule has 3 heteroatoms. The quantitative estimate of drug-likeness (QED) is 0.850. The van der Waals surface area contributed by atoms with Crippen LogP contribution in [0.4, 0.5) is 5.82 Å². The van der Waals surface area contributed by atoms with Crippen LogP contribution in [-0.2, 0) is 6.42 Å². The van der Waals surface area contributed by atoms with Crippen LogP contribution >= 0.6 is 0 Å². The molecule has 0 unspecified atom stereocenters. The Morgan fingerprint density at radius 3 is 2.44 bits per heavy atom. The first-order valence-electron chi connectivity index (χ1n) is 6.18. The van der Waals surface area contributed by atoms with Crippen molar-refractivity contribution in [3.63, 3.8) is 0 Å². The third kappa shape index (κ3) is 2.30. The summed E-state index contributed by atoms with van der Waals surface area (Å²) in [5.74, 6) is 0.723. The molecule has 18 heavy (non-hydrogen) atoms. The van der Waals surface area contributed by atoms with E-state index in [0.29, 0.717) is 5.56 Å². The zero-order chi connectivity index (χ0) is 13.1. The minimum atomic E-state index is -0.0809. The number of aromatic amines is 1. The summed E-state index contributed by atoms with van der Waals surface area (Å²) in [6.45, 7) is 6.18. The van der Waals surface area contributed by atoms with Crippen molar-refractivity contribution in [3.05, 3.63) is 52.7 Å². The van der Waals surface area contributed by atoms with Gasteiger partial charge in [0, 0.05) is 11.3 Å². The number of anilines is 1. The molecule has 1 aromatic carbocycles. The lowest BCUT2D eigenvalue weighted by Gasteiger charge is -2.04. The minimum Gasteiger partial charge on any atom is -0.345 e. The van der Waals surface area contributed by atoms with Crippen LogP contribution in [0.5, 0.6) is 0 Å². The first kappa shape index (κ1) is 12.4. The maximum absolute atomic E-state index is 12.0. The lowest BCUT2D eigenvalue weighted by atomic mass is 10.1. The van der Waals surface area contributed by atoms with E-state index in [9.17, 15) is 4.79 Å². The second kappa shape index (κ2) is 5.08. The van der Waals surface area contributed by atoms with Crippen LogP contribution in [0.2, 0.25) is 0 Å². The van der Waals surface area contributed by atoms with Gasteiger partial charge in [-0.15, -0.1) is 0 Å². The molecule has 1 amide bonds. The Kier molecular flexibility index (Phi) is 3.51. The number of hydrogen-bond donors (Lipinski definition) is 2. The van der Waals surface area contributed by atoms with Crippen LogP contribution in [0.15, 0.2) is 30.3 Å². The number of carbonyl (C=O) groups excluding carboxylic acids is 1. The number of aryl methyl sites for hydroxylation is 1. The number of carbonyl (C=O) groups is 1. The molecule has 0 aliphatic carbocycles. The Balaban J connectivity index is 2.23. The van der Waals surface area contributed by atoms with Gasteiger partial charge in [-0.05, 0) is 43.5 Å². The highest BCUT2D eigenvalue weighted by molar-refractivity contribution is 6.04. The third-order valence-electron chi connectivity index (χ3n) is 3.22. The van der Waals surface area contributed by atoms with Crippen molar-refractivity contribution in [3.8, 4) is 0 Å². The van der Waals surface area contributed by atoms with Crippen LogP contribution in [0.1, 0.15) is 34.1 Å². The summed E-state index contributed by atoms with van der Waals surface area (Å²) >= 11 is 0. The second-order valence-electron chi connectivity index (χ2n) is 4.40. The number of aromatic nitrogens is 1. The van der Waals surface area contributed by atoms with Crippen LogP contribution in [-0.4, -0.2) is 10.9 Å². The van der Waals surface area contributed by atoms with Gasteiger partial charge in [0.1, 0.15) is 5.82 Å². The molecule has 3 nitrogen and oxygen atoms in total. The number of amides is 1. The predicted octanol–water partition coefficient (Wildman–Crippen LogP) is 3.45. The average Bonchev–Trinajstić information content (AvgIpc) is 2.65. The number of nitrogens with one attached hydrogen (secondary N) is 2. The molecule has 0 aliphatic rings. The Labute approximate surface area is 107 Å². The van der Waals surface area contributed by atoms with Crippen molar-refractivity contribution in [1.29, 1.82) is 0 Å². The van der Waals surface area contributed by atoms with Crippen LogP contribution in [0.3, 0.4) is 0 Å². The number of hydrogen-bond acceptors (Lipinski definition) is 1. The summed E-state index contributed by atoms with van der Waals surface area (Å²) in [6.07, 6.45) is 0.968. The Morgan fingerprint density at radius 1 is 1.22 bits per heavy atom. The van der Waals surface area contributed by atoms with E-state index in [0.717, 1.165) is 23.5 Å². The summed E-state index contributed by atoms with van der Waals surface area (Å²) < 4.78 is 0. The van der Waals surface area contributed by atoms with Crippen molar-refractivity contribution < 1.29 is 4.79 Å². The topological polar surface area (TPSA) is 44.9 Å². The van der Waals surface area contributed by atoms with E-state index in [1.54, 1.807) is 12.1 Å². The fourth-order valence-electron chi connectivity index (χ4n) is 2.22. The zero-order valence-electron chi connectivity index (χ0n) is 11.0. The molecular formula is C15H18N2O. The molecule has 1 heterocycles. The maximum Gasteiger partial charge on any atom is 0.256 e. The molecule has 2 N–H and O–H groups in total. The van der Waals surface area contributed by atoms with Crippen LogP contribution in [0.25, 0.3) is 0 Å². The van der Waals surface area contributed by atoms with E-state index in [2.05, 4.69) is 17.2 Å². The Hall–Kier alpha value is -2.03. The smallest absolute Gasteiger partial charge is 0.256 e. The fourth-order valence-corrected chi connectivity index (χ4v) is 2.22. The van der Waals surface area contributed by atoms with E-state index < -0.39 is 0 Å². The Morgan fingerprint density at radius 2 is 1.89 bits per heavy atom. The molecule has 0 spiro atoms. The largest absolute Gasteiger partial charge is 0.345 e. The molecular weight excluding hydrogens is 224 g/mol. The molecule has 0 atom stereocenters. The summed E-state index contributed by atoms with van der Waals surface area (Å²) in [5, 5.41) is 2.93. The number of benzene rings is 1. The summed E-state index contributed by atoms with van der Waals surface area (Å²) in [7, 11) is 0. The first-order valence-corrected chi connectivity index (χ1v) is 6.18. The lowest BCUT2D eigenvalue weighted by Crippen LogP contribution is -2.12. The van der Waals surface area contributed by atoms with E-state index in [1.165, 1.54) is 5.56 Å². The second-order valence-corrected chi connectivity index (χ2v) is 4.40. The monoisotopic (exact) mass is 242 g/mol. The van der Waals surface area contributed by atoms with Crippen LogP contribution in [0, 0.1) is 13.8 Å². The van der Waals surface area contributed by atoms with E-state index in [-0.39, 0.29) is 5.91 Å².